The SMILES string of the molecule is Cc1cc([N+](=O)[O-])ccc1-c1cc[c]c(=O)[nH]1. The first-order chi connectivity index (χ1) is 8.08. The van der Waals surface area contributed by atoms with Crippen LogP contribution in [0, 0.1) is 23.1 Å². The van der Waals surface area contributed by atoms with E-state index >= 15 is 0 Å². The van der Waals surface area contributed by atoms with Crippen LogP contribution in [0.4, 0.5) is 5.69 Å². The van der Waals surface area contributed by atoms with Crippen LogP contribution in [0.25, 0.3) is 11.3 Å². The van der Waals surface area contributed by atoms with E-state index in [1.165, 1.54) is 18.2 Å². The quantitative estimate of drug-likeness (QED) is 0.632. The summed E-state index contributed by atoms with van der Waals surface area (Å²) in [4.78, 5) is 23.9. The zero-order chi connectivity index (χ0) is 12.4. The molecule has 0 aliphatic rings. The molecule has 0 aliphatic carbocycles. The van der Waals surface area contributed by atoms with Crippen LogP contribution in [-0.4, -0.2) is 9.91 Å². The van der Waals surface area contributed by atoms with Crippen molar-refractivity contribution in [2.24, 2.45) is 0 Å². The average molecular weight is 229 g/mol. The smallest absolute Gasteiger partial charge is 0.269 e. The number of nitro benzene ring substituents is 1. The van der Waals surface area contributed by atoms with E-state index in [-0.39, 0.29) is 11.2 Å². The van der Waals surface area contributed by atoms with Crippen molar-refractivity contribution in [2.45, 2.75) is 6.92 Å². The second kappa shape index (κ2) is 4.21. The largest absolute Gasteiger partial charge is 0.321 e. The normalized spacial score (nSPS) is 10.2. The zero-order valence-corrected chi connectivity index (χ0v) is 9.06. The summed E-state index contributed by atoms with van der Waals surface area (Å²) in [6, 6.07) is 10.2. The summed E-state index contributed by atoms with van der Waals surface area (Å²) in [6.07, 6.45) is 0. The van der Waals surface area contributed by atoms with Gasteiger partial charge < -0.3 is 4.98 Å². The molecule has 0 spiro atoms. The number of aromatic amines is 1. The molecule has 0 fully saturated rings. The maximum absolute atomic E-state index is 11.1. The summed E-state index contributed by atoms with van der Waals surface area (Å²) in [5.74, 6) is 0. The molecule has 1 heterocycles. The molecule has 0 bridgehead atoms. The van der Waals surface area contributed by atoms with Gasteiger partial charge in [0.1, 0.15) is 0 Å². The predicted molar refractivity (Wildman–Crippen MR) is 62.7 cm³/mol. The highest BCUT2D eigenvalue weighted by atomic mass is 16.6. The predicted octanol–water partition coefficient (Wildman–Crippen LogP) is 2.06. The van der Waals surface area contributed by atoms with Crippen molar-refractivity contribution in [1.29, 1.82) is 0 Å². The van der Waals surface area contributed by atoms with Gasteiger partial charge in [-0.3, -0.25) is 14.9 Å². The van der Waals surface area contributed by atoms with E-state index < -0.39 is 4.92 Å². The van der Waals surface area contributed by atoms with E-state index in [4.69, 9.17) is 0 Å². The van der Waals surface area contributed by atoms with Gasteiger partial charge >= 0.3 is 0 Å². The van der Waals surface area contributed by atoms with E-state index in [1.807, 2.05) is 0 Å². The fourth-order valence-corrected chi connectivity index (χ4v) is 1.62. The van der Waals surface area contributed by atoms with E-state index in [0.717, 1.165) is 11.1 Å². The Morgan fingerprint density at radius 3 is 2.71 bits per heavy atom. The molecule has 1 aromatic carbocycles. The van der Waals surface area contributed by atoms with E-state index in [0.29, 0.717) is 5.69 Å². The third kappa shape index (κ3) is 2.23. The summed E-state index contributed by atoms with van der Waals surface area (Å²) in [5.41, 5.74) is 1.85. The Balaban J connectivity index is 2.54. The van der Waals surface area contributed by atoms with Gasteiger partial charge in [0.05, 0.1) is 11.0 Å². The molecular weight excluding hydrogens is 220 g/mol. The number of pyridine rings is 1. The molecule has 1 aromatic heterocycles. The molecule has 1 radical (unpaired) electrons. The highest BCUT2D eigenvalue weighted by Gasteiger charge is 2.09. The van der Waals surface area contributed by atoms with Crippen LogP contribution in [0.3, 0.4) is 0 Å². The number of rotatable bonds is 2. The van der Waals surface area contributed by atoms with Gasteiger partial charge in [-0.05, 0) is 30.7 Å². The second-order valence-electron chi connectivity index (χ2n) is 3.60. The molecule has 0 unspecified atom stereocenters. The summed E-state index contributed by atoms with van der Waals surface area (Å²) in [5, 5.41) is 10.6. The number of nitro groups is 1. The lowest BCUT2D eigenvalue weighted by Gasteiger charge is -2.04. The maximum atomic E-state index is 11.1. The molecule has 5 nitrogen and oxygen atoms in total. The van der Waals surface area contributed by atoms with Gasteiger partial charge in [0, 0.05) is 23.4 Å². The van der Waals surface area contributed by atoms with Crippen molar-refractivity contribution in [3.05, 3.63) is 62.4 Å². The van der Waals surface area contributed by atoms with Gasteiger partial charge in [-0.2, -0.15) is 0 Å². The maximum Gasteiger partial charge on any atom is 0.269 e. The minimum absolute atomic E-state index is 0.0380. The number of hydrogen-bond acceptors (Lipinski definition) is 3. The first-order valence-corrected chi connectivity index (χ1v) is 4.94. The Hall–Kier alpha value is -2.43. The minimum atomic E-state index is -0.446. The number of aromatic nitrogens is 1. The van der Waals surface area contributed by atoms with E-state index in [2.05, 4.69) is 11.1 Å². The third-order valence-corrected chi connectivity index (χ3v) is 2.42. The van der Waals surface area contributed by atoms with Gasteiger partial charge in [0.25, 0.3) is 11.2 Å². The molecule has 85 valence electrons. The molecule has 2 aromatic rings. The minimum Gasteiger partial charge on any atom is -0.321 e. The highest BCUT2D eigenvalue weighted by molar-refractivity contribution is 5.65. The van der Waals surface area contributed by atoms with Crippen molar-refractivity contribution < 1.29 is 4.92 Å². The monoisotopic (exact) mass is 229 g/mol. The fourth-order valence-electron chi connectivity index (χ4n) is 1.62. The first-order valence-electron chi connectivity index (χ1n) is 4.94. The van der Waals surface area contributed by atoms with Crippen LogP contribution in [0.15, 0.2) is 35.1 Å². The van der Waals surface area contributed by atoms with Crippen molar-refractivity contribution in [2.75, 3.05) is 0 Å². The van der Waals surface area contributed by atoms with Crippen LogP contribution in [0.5, 0.6) is 0 Å². The lowest BCUT2D eigenvalue weighted by Crippen LogP contribution is -2.04. The number of aryl methyl sites for hydroxylation is 1. The van der Waals surface area contributed by atoms with Crippen LogP contribution in [0.1, 0.15) is 5.56 Å². The summed E-state index contributed by atoms with van der Waals surface area (Å²) >= 11 is 0. The van der Waals surface area contributed by atoms with Crippen LogP contribution >= 0.6 is 0 Å². The summed E-state index contributed by atoms with van der Waals surface area (Å²) in [6.45, 7) is 1.76. The highest BCUT2D eigenvalue weighted by Crippen LogP contribution is 2.24. The fraction of sp³-hybridized carbons (Fsp3) is 0.0833. The van der Waals surface area contributed by atoms with Crippen LogP contribution in [-0.2, 0) is 0 Å². The number of hydrogen-bond donors (Lipinski definition) is 1. The van der Waals surface area contributed by atoms with Gasteiger partial charge in [-0.15, -0.1) is 0 Å². The number of H-pyrrole nitrogens is 1. The van der Waals surface area contributed by atoms with Crippen molar-refractivity contribution >= 4 is 5.69 Å². The van der Waals surface area contributed by atoms with E-state index in [9.17, 15) is 14.9 Å². The van der Waals surface area contributed by atoms with Crippen molar-refractivity contribution in [3.8, 4) is 11.3 Å². The molecule has 1 N–H and O–H groups in total. The molecule has 0 atom stereocenters. The third-order valence-electron chi connectivity index (χ3n) is 2.42. The number of nitrogens with zero attached hydrogens (tertiary/aromatic N) is 1. The molecule has 0 amide bonds. The van der Waals surface area contributed by atoms with Gasteiger partial charge in [0.2, 0.25) is 0 Å². The zero-order valence-electron chi connectivity index (χ0n) is 9.06. The lowest BCUT2D eigenvalue weighted by atomic mass is 10.0. The van der Waals surface area contributed by atoms with Crippen LogP contribution < -0.4 is 5.56 Å². The van der Waals surface area contributed by atoms with Crippen molar-refractivity contribution in [3.63, 3.8) is 0 Å². The first kappa shape index (κ1) is 11.1. The standard InChI is InChI=1S/C12H9N2O3/c1-8-7-9(14(16)17)5-6-10(8)11-3-2-4-12(15)13-11/h2-3,5-7H,1H3,(H,13,15). The molecule has 17 heavy (non-hydrogen) atoms. The second-order valence-corrected chi connectivity index (χ2v) is 3.60. The Morgan fingerprint density at radius 2 is 2.12 bits per heavy atom. The van der Waals surface area contributed by atoms with Crippen LogP contribution in [0.2, 0.25) is 0 Å². The summed E-state index contributed by atoms with van der Waals surface area (Å²) in [7, 11) is 0. The lowest BCUT2D eigenvalue weighted by molar-refractivity contribution is -0.384. The Kier molecular flexibility index (Phi) is 2.74. The van der Waals surface area contributed by atoms with Gasteiger partial charge in [-0.1, -0.05) is 0 Å². The Bertz CT molecular complexity index is 632. The molecule has 0 saturated heterocycles. The molecule has 5 heteroatoms. The van der Waals surface area contributed by atoms with Gasteiger partial charge in [0.15, 0.2) is 0 Å². The van der Waals surface area contributed by atoms with E-state index in [1.54, 1.807) is 19.1 Å². The Labute approximate surface area is 96.9 Å². The average Bonchev–Trinajstić information content (AvgIpc) is 2.28. The molecule has 0 aliphatic heterocycles. The topological polar surface area (TPSA) is 76.0 Å². The van der Waals surface area contributed by atoms with Gasteiger partial charge in [-0.25, -0.2) is 0 Å². The van der Waals surface area contributed by atoms with Crippen molar-refractivity contribution in [1.82, 2.24) is 4.98 Å². The summed E-state index contributed by atoms with van der Waals surface area (Å²) < 4.78 is 0. The number of non-ortho nitro benzene ring substituents is 1. The molecule has 0 saturated carbocycles. The molecular formula is C12H9N2O3. The number of nitrogens with one attached hydrogen (secondary N) is 1. The Morgan fingerprint density at radius 1 is 1.35 bits per heavy atom. The molecule has 2 rings (SSSR count). The number of benzene rings is 1.